The van der Waals surface area contributed by atoms with Crippen molar-refractivity contribution in [2.24, 2.45) is 5.73 Å². The first-order valence-corrected chi connectivity index (χ1v) is 46.6. The van der Waals surface area contributed by atoms with E-state index in [1.165, 1.54) is 88.7 Å². The lowest BCUT2D eigenvalue weighted by Crippen LogP contribution is -2.41. The van der Waals surface area contributed by atoms with Crippen molar-refractivity contribution in [2.45, 2.75) is 190 Å². The van der Waals surface area contributed by atoms with Crippen molar-refractivity contribution >= 4 is 145 Å². The first kappa shape index (κ1) is 103. The molecule has 3 aliphatic rings. The van der Waals surface area contributed by atoms with Crippen molar-refractivity contribution in [1.29, 1.82) is 0 Å². The van der Waals surface area contributed by atoms with E-state index in [1.54, 1.807) is 79.9 Å². The Kier molecular flexibility index (Phi) is 37.6. The summed E-state index contributed by atoms with van der Waals surface area (Å²) in [5.74, 6) is 2.00. The number of anilines is 3. The highest BCUT2D eigenvalue weighted by molar-refractivity contribution is 9.10. The third-order valence-corrected chi connectivity index (χ3v) is 27.6. The number of pyridine rings is 3. The van der Waals surface area contributed by atoms with Crippen LogP contribution in [-0.2, 0) is 65.3 Å². The van der Waals surface area contributed by atoms with Gasteiger partial charge in [-0.2, -0.15) is 18.7 Å². The lowest BCUT2D eigenvalue weighted by Gasteiger charge is -2.32. The average molecular weight is 1920 g/mol. The van der Waals surface area contributed by atoms with Gasteiger partial charge in [-0.25, -0.2) is 51.7 Å². The maximum Gasteiger partial charge on any atom is 0.494 e. The molecule has 6 N–H and O–H groups in total. The van der Waals surface area contributed by atoms with Gasteiger partial charge >= 0.3 is 19.3 Å². The fourth-order valence-electron chi connectivity index (χ4n) is 14.3. The Balaban J connectivity index is 0.000000205. The minimum absolute atomic E-state index is 0. The molecule has 7 heterocycles. The highest BCUT2D eigenvalue weighted by Gasteiger charge is 2.52. The van der Waals surface area contributed by atoms with Gasteiger partial charge in [0.05, 0.1) is 85.0 Å². The normalized spacial score (nSPS) is 16.5. The molecule has 26 nitrogen and oxygen atoms in total. The molecular weight excluding hydrogens is 1810 g/mol. The number of fused-ring (bicyclic) bond motifs is 3. The summed E-state index contributed by atoms with van der Waals surface area (Å²) >= 11 is 18.7. The van der Waals surface area contributed by atoms with E-state index in [9.17, 15) is 34.4 Å². The molecular formula is C91H111BBrCl3F2N15O11S3-. The number of benzene rings is 6. The van der Waals surface area contributed by atoms with E-state index in [-0.39, 0.29) is 62.1 Å². The summed E-state index contributed by atoms with van der Waals surface area (Å²) < 4.78 is 130. The van der Waals surface area contributed by atoms with Gasteiger partial charge in [-0.1, -0.05) is 119 Å². The number of nitrogen functional groups attached to an aromatic ring is 1. The van der Waals surface area contributed by atoms with Crippen molar-refractivity contribution < 1.29 is 57.9 Å². The molecule has 3 fully saturated rings. The number of nitrogens with zero attached hydrogens (tertiary/aromatic N) is 11. The predicted octanol–water partition coefficient (Wildman–Crippen LogP) is 18.8. The molecule has 12 aromatic rings. The molecule has 2 saturated carbocycles. The number of halogens is 6. The van der Waals surface area contributed by atoms with Crippen LogP contribution in [0.3, 0.4) is 0 Å². The Hall–Kier alpha value is -9.33. The van der Waals surface area contributed by atoms with E-state index in [4.69, 9.17) is 74.8 Å². The molecule has 680 valence electrons. The first-order chi connectivity index (χ1) is 59.4. The summed E-state index contributed by atoms with van der Waals surface area (Å²) in [6, 6.07) is 43.1. The molecule has 6 aromatic carbocycles. The van der Waals surface area contributed by atoms with Gasteiger partial charge in [-0.3, -0.25) is 8.93 Å². The van der Waals surface area contributed by atoms with Crippen LogP contribution in [0.2, 0.25) is 15.1 Å². The zero-order valence-corrected chi connectivity index (χ0v) is 78.3. The fourth-order valence-corrected chi connectivity index (χ4v) is 18.8. The molecule has 0 radical (unpaired) electrons. The van der Waals surface area contributed by atoms with E-state index in [2.05, 4.69) is 117 Å². The maximum atomic E-state index is 13.5. The second kappa shape index (κ2) is 46.3. The standard InChI is InChI=1S/C30H35ClN6O3S.C23H19ClFN3O3S.C16H20BFN2O2.C8H18N2.C6H7BrN2O.C6H5ClO2S.2CH4/c1-5-19-16-20(17-21-18-32-30(35-28(19)21)33-22-10-12-23(13-11-22)37(2)3)24-14-15-27(34-29(24)40-4)36-41(38,39)26-9-7-6-8-25(26)31;1-3-14-10-15(11-16-12-26-23(25)28-21(14)16)18-9-8-17(27-22(18)31-2)13-32(29,30)20-7-5-4-6-19(20)24;1-6-10-7-12(8-11-9-19-14(18)20-13(10)11)17-21-15(2,3)16(4,5)22-17;1-10(2)8-5-3-7(9)4-6-8;1-10-6-4(7)2-3-5(8)9-6;7-5-3-1-2-4-6(5)10(8)9;;/h6-9,14-18,22-23H,5,10-13H2,1-4H3,(H,34,36)(H,32,33,35);4-12H,3,13H2,1-2H3;7-9H,6H2,1-5H3;7-8H,3-6,9H2,1-2H3;2-3H,1H3,(H2,8,9);1-4H,(H,8,9);2*1H4/p-1. The summed E-state index contributed by atoms with van der Waals surface area (Å²) in [5, 5.41) is 6.50. The van der Waals surface area contributed by atoms with Crippen molar-refractivity contribution in [3.63, 3.8) is 0 Å². The fraction of sp³-hybridized carbons (Fsp3) is 0.374. The zero-order chi connectivity index (χ0) is 90.8. The molecule has 1 atom stereocenters. The first-order valence-electron chi connectivity index (χ1n) is 40.4. The number of aryl methyl sites for hydroxylation is 3. The van der Waals surface area contributed by atoms with Crippen LogP contribution in [0.4, 0.5) is 26.4 Å². The SMILES string of the molecule is C.C.CCc1cc(-c2ccc(CS(=O)(=O)c3ccccc3Cl)nc2OC)cc2cnc(F)nc12.CCc1cc(-c2ccc(NS(=O)(=O)c3ccccc3Cl)nc2OC)cc2cnc(NC3CCC(N(C)C)CC3)nc12.CCc1cc(B2OC(C)(C)C(C)(C)O2)cc2cnc(F)nc12.CN(C)C1CCC(N)CC1.COc1nc(N)ccc1Br.O=S([O-])c1ccccc1Cl. The van der Waals surface area contributed by atoms with Gasteiger partial charge < -0.3 is 54.7 Å². The van der Waals surface area contributed by atoms with E-state index in [0.29, 0.717) is 75.7 Å². The lowest BCUT2D eigenvalue weighted by atomic mass is 9.77. The summed E-state index contributed by atoms with van der Waals surface area (Å²) in [7, 11) is 5.07. The quantitative estimate of drug-likeness (QED) is 0.0313. The lowest BCUT2D eigenvalue weighted by molar-refractivity contribution is 0.00578. The van der Waals surface area contributed by atoms with Gasteiger partial charge in [-0.15, -0.1) is 0 Å². The second-order valence-electron chi connectivity index (χ2n) is 31.3. The molecule has 36 heteroatoms. The van der Waals surface area contributed by atoms with Crippen LogP contribution in [0.25, 0.3) is 55.0 Å². The highest BCUT2D eigenvalue weighted by Crippen LogP contribution is 2.40. The molecule has 6 aromatic heterocycles. The van der Waals surface area contributed by atoms with E-state index in [0.717, 1.165) is 104 Å². The monoisotopic (exact) mass is 1920 g/mol. The smallest absolute Gasteiger partial charge is 0.494 e. The Morgan fingerprint density at radius 3 is 1.50 bits per heavy atom. The van der Waals surface area contributed by atoms with E-state index >= 15 is 0 Å². The van der Waals surface area contributed by atoms with Gasteiger partial charge in [0, 0.05) is 74.9 Å². The van der Waals surface area contributed by atoms with E-state index in [1.807, 2.05) is 78.1 Å². The summed E-state index contributed by atoms with van der Waals surface area (Å²) in [5.41, 5.74) is 19.7. The van der Waals surface area contributed by atoms with Crippen molar-refractivity contribution in [3.8, 4) is 39.9 Å². The number of ether oxygens (including phenoxy) is 3. The molecule has 0 bridgehead atoms. The molecule has 1 unspecified atom stereocenters. The number of nitrogens with one attached hydrogen (secondary N) is 2. The minimum atomic E-state index is -3.93. The van der Waals surface area contributed by atoms with Crippen LogP contribution >= 0.6 is 50.7 Å². The van der Waals surface area contributed by atoms with Gasteiger partial charge in [0.2, 0.25) is 23.6 Å². The van der Waals surface area contributed by atoms with E-state index < -0.39 is 61.4 Å². The molecule has 0 amide bonds. The van der Waals surface area contributed by atoms with Crippen molar-refractivity contribution in [3.05, 3.63) is 218 Å². The number of hydrogen-bond donors (Lipinski definition) is 4. The van der Waals surface area contributed by atoms with Crippen LogP contribution in [0.15, 0.2) is 183 Å². The van der Waals surface area contributed by atoms with Crippen molar-refractivity contribution in [2.75, 3.05) is 65.3 Å². The summed E-state index contributed by atoms with van der Waals surface area (Å²) in [6.07, 6.45) is 15.0. The van der Waals surface area contributed by atoms with Crippen LogP contribution in [0.5, 0.6) is 17.6 Å². The number of hydrogen-bond acceptors (Lipinski definition) is 25. The Morgan fingerprint density at radius 1 is 0.567 bits per heavy atom. The minimum Gasteiger partial charge on any atom is -0.768 e. The van der Waals surface area contributed by atoms with Crippen LogP contribution < -0.4 is 41.2 Å². The van der Waals surface area contributed by atoms with Crippen LogP contribution in [0, 0.1) is 12.2 Å². The van der Waals surface area contributed by atoms with Crippen LogP contribution in [0.1, 0.15) is 137 Å². The van der Waals surface area contributed by atoms with Gasteiger partial charge in [0.1, 0.15) is 16.5 Å². The highest BCUT2D eigenvalue weighted by atomic mass is 79.9. The number of nitrogens with two attached hydrogens (primary N) is 2. The molecule has 1 aliphatic heterocycles. The van der Waals surface area contributed by atoms with Gasteiger partial charge in [0.25, 0.3) is 10.0 Å². The predicted molar refractivity (Wildman–Crippen MR) is 509 cm³/mol. The van der Waals surface area contributed by atoms with Crippen LogP contribution in [-0.4, -0.2) is 172 Å². The van der Waals surface area contributed by atoms with Gasteiger partial charge in [0.15, 0.2) is 9.84 Å². The second-order valence-corrected chi connectivity index (χ2v) is 37.9. The number of sulfonamides is 1. The summed E-state index contributed by atoms with van der Waals surface area (Å²) in [4.78, 5) is 42.2. The molecule has 0 spiro atoms. The van der Waals surface area contributed by atoms with Crippen molar-refractivity contribution in [1.82, 2.24) is 54.7 Å². The van der Waals surface area contributed by atoms with Gasteiger partial charge in [-0.05, 0) is 284 Å². The summed E-state index contributed by atoms with van der Waals surface area (Å²) in [6.45, 7) is 14.2. The molecule has 2 aliphatic carbocycles. The Bertz CT molecular complexity index is 6020. The largest absolute Gasteiger partial charge is 0.768 e. The molecule has 15 rings (SSSR count). The molecule has 127 heavy (non-hydrogen) atoms. The number of methoxy groups -OCH3 is 3. The topological polar surface area (TPSA) is 353 Å². The number of rotatable bonds is 20. The third-order valence-electron chi connectivity index (χ3n) is 21.9. The maximum absolute atomic E-state index is 13.5. The Morgan fingerprint density at radius 2 is 1.02 bits per heavy atom. The average Bonchev–Trinajstić information content (AvgIpc) is 1.41. The molecule has 1 saturated heterocycles. The zero-order valence-electron chi connectivity index (χ0n) is 72.0. The number of aromatic nitrogens is 9. The third kappa shape index (κ3) is 26.9. The number of sulfone groups is 1. The Labute approximate surface area is 770 Å².